The quantitative estimate of drug-likeness (QED) is 0.867. The van der Waals surface area contributed by atoms with Crippen LogP contribution in [0, 0.1) is 5.92 Å². The molecule has 0 saturated heterocycles. The number of rotatable bonds is 4. The van der Waals surface area contributed by atoms with Crippen LogP contribution in [0.5, 0.6) is 0 Å². The maximum atomic E-state index is 9.48. The third kappa shape index (κ3) is 1.95. The van der Waals surface area contributed by atoms with Gasteiger partial charge in [-0.1, -0.05) is 60.7 Å². The van der Waals surface area contributed by atoms with Crippen LogP contribution in [0.2, 0.25) is 0 Å². The van der Waals surface area contributed by atoms with E-state index in [0.29, 0.717) is 12.5 Å². The molecule has 1 nitrogen and oxygen atoms in total. The van der Waals surface area contributed by atoms with Crippen molar-refractivity contribution < 1.29 is 5.11 Å². The molecule has 1 aliphatic carbocycles. The monoisotopic (exact) mass is 238 g/mol. The number of hydrogen-bond acceptors (Lipinski definition) is 1. The van der Waals surface area contributed by atoms with Crippen molar-refractivity contribution in [3.05, 3.63) is 71.8 Å². The third-order valence-corrected chi connectivity index (χ3v) is 4.16. The standard InChI is InChI=1S/C17H18O/c18-13-16-12-17(16,15-9-5-2-6-10-15)11-14-7-3-1-4-8-14/h1-10,16,18H,11-13H2. The van der Waals surface area contributed by atoms with E-state index in [2.05, 4.69) is 60.7 Å². The predicted molar refractivity (Wildman–Crippen MR) is 73.5 cm³/mol. The topological polar surface area (TPSA) is 20.2 Å². The lowest BCUT2D eigenvalue weighted by Gasteiger charge is -2.18. The fourth-order valence-corrected chi connectivity index (χ4v) is 3.02. The lowest BCUT2D eigenvalue weighted by molar-refractivity contribution is 0.263. The molecule has 2 aromatic rings. The van der Waals surface area contributed by atoms with Gasteiger partial charge in [0.05, 0.1) is 0 Å². The lowest BCUT2D eigenvalue weighted by atomic mass is 9.87. The number of benzene rings is 2. The van der Waals surface area contributed by atoms with E-state index in [-0.39, 0.29) is 5.41 Å². The van der Waals surface area contributed by atoms with Crippen molar-refractivity contribution in [3.8, 4) is 0 Å². The predicted octanol–water partition coefficient (Wildman–Crippen LogP) is 3.18. The Morgan fingerprint density at radius 2 is 1.56 bits per heavy atom. The second-order valence-electron chi connectivity index (χ2n) is 5.27. The molecule has 0 radical (unpaired) electrons. The molecule has 1 saturated carbocycles. The maximum Gasteiger partial charge on any atom is 0.0468 e. The Kier molecular flexibility index (Phi) is 2.92. The van der Waals surface area contributed by atoms with Crippen LogP contribution in [0.4, 0.5) is 0 Å². The first kappa shape index (κ1) is 11.5. The number of aliphatic hydroxyl groups excluding tert-OH is 1. The van der Waals surface area contributed by atoms with Crippen LogP contribution >= 0.6 is 0 Å². The molecule has 2 aromatic carbocycles. The Balaban J connectivity index is 1.90. The summed E-state index contributed by atoms with van der Waals surface area (Å²) in [5, 5.41) is 9.48. The molecular weight excluding hydrogens is 220 g/mol. The van der Waals surface area contributed by atoms with Crippen LogP contribution in [-0.4, -0.2) is 11.7 Å². The van der Waals surface area contributed by atoms with Crippen LogP contribution < -0.4 is 0 Å². The van der Waals surface area contributed by atoms with Gasteiger partial charge in [0.25, 0.3) is 0 Å². The van der Waals surface area contributed by atoms with Crippen molar-refractivity contribution in [2.24, 2.45) is 5.92 Å². The van der Waals surface area contributed by atoms with Crippen molar-refractivity contribution in [1.82, 2.24) is 0 Å². The Hall–Kier alpha value is -1.60. The Morgan fingerprint density at radius 1 is 0.944 bits per heavy atom. The van der Waals surface area contributed by atoms with Gasteiger partial charge in [0, 0.05) is 12.0 Å². The molecule has 0 bridgehead atoms. The van der Waals surface area contributed by atoms with Gasteiger partial charge in [-0.25, -0.2) is 0 Å². The highest BCUT2D eigenvalue weighted by Gasteiger charge is 2.54. The molecule has 1 aliphatic rings. The van der Waals surface area contributed by atoms with Crippen LogP contribution in [0.3, 0.4) is 0 Å². The largest absolute Gasteiger partial charge is 0.396 e. The van der Waals surface area contributed by atoms with E-state index in [1.807, 2.05) is 0 Å². The molecule has 0 heterocycles. The van der Waals surface area contributed by atoms with Crippen molar-refractivity contribution in [1.29, 1.82) is 0 Å². The minimum Gasteiger partial charge on any atom is -0.396 e. The van der Waals surface area contributed by atoms with Crippen LogP contribution in [0.25, 0.3) is 0 Å². The smallest absolute Gasteiger partial charge is 0.0468 e. The molecule has 1 N–H and O–H groups in total. The maximum absolute atomic E-state index is 9.48. The molecule has 92 valence electrons. The molecule has 3 rings (SSSR count). The summed E-state index contributed by atoms with van der Waals surface area (Å²) < 4.78 is 0. The van der Waals surface area contributed by atoms with Crippen LogP contribution in [0.15, 0.2) is 60.7 Å². The highest BCUT2D eigenvalue weighted by molar-refractivity contribution is 5.37. The molecule has 0 spiro atoms. The summed E-state index contributed by atoms with van der Waals surface area (Å²) in [6, 6.07) is 21.2. The van der Waals surface area contributed by atoms with Gasteiger partial charge in [-0.15, -0.1) is 0 Å². The van der Waals surface area contributed by atoms with Crippen molar-refractivity contribution >= 4 is 0 Å². The van der Waals surface area contributed by atoms with Gasteiger partial charge in [-0.2, -0.15) is 0 Å². The minimum atomic E-state index is 0.164. The summed E-state index contributed by atoms with van der Waals surface area (Å²) in [7, 11) is 0. The third-order valence-electron chi connectivity index (χ3n) is 4.16. The van der Waals surface area contributed by atoms with E-state index >= 15 is 0 Å². The molecule has 1 heteroatoms. The molecular formula is C17H18O. The molecule has 0 amide bonds. The first-order chi connectivity index (χ1) is 8.85. The fourth-order valence-electron chi connectivity index (χ4n) is 3.02. The Bertz CT molecular complexity index is 506. The van der Waals surface area contributed by atoms with Crippen LogP contribution in [-0.2, 0) is 11.8 Å². The Labute approximate surface area is 108 Å². The van der Waals surface area contributed by atoms with Gasteiger partial charge in [0.1, 0.15) is 0 Å². The van der Waals surface area contributed by atoms with E-state index < -0.39 is 0 Å². The zero-order valence-corrected chi connectivity index (χ0v) is 10.4. The SMILES string of the molecule is OCC1CC1(Cc1ccccc1)c1ccccc1. The van der Waals surface area contributed by atoms with Crippen molar-refractivity contribution in [3.63, 3.8) is 0 Å². The number of aliphatic hydroxyl groups is 1. The first-order valence-corrected chi connectivity index (χ1v) is 6.55. The van der Waals surface area contributed by atoms with E-state index in [1.165, 1.54) is 11.1 Å². The zero-order chi connectivity index (χ0) is 12.4. The van der Waals surface area contributed by atoms with E-state index in [1.54, 1.807) is 0 Å². The molecule has 0 aromatic heterocycles. The average molecular weight is 238 g/mol. The summed E-state index contributed by atoms with van der Waals surface area (Å²) in [6.45, 7) is 0.293. The summed E-state index contributed by atoms with van der Waals surface area (Å²) in [5.74, 6) is 0.417. The van der Waals surface area contributed by atoms with Gasteiger partial charge < -0.3 is 5.11 Å². The normalized spacial score (nSPS) is 25.9. The van der Waals surface area contributed by atoms with E-state index in [0.717, 1.165) is 12.8 Å². The first-order valence-electron chi connectivity index (χ1n) is 6.55. The highest BCUT2D eigenvalue weighted by atomic mass is 16.3. The van der Waals surface area contributed by atoms with Crippen LogP contribution in [0.1, 0.15) is 17.5 Å². The molecule has 1 fully saturated rings. The highest BCUT2D eigenvalue weighted by Crippen LogP contribution is 2.55. The van der Waals surface area contributed by atoms with Gasteiger partial charge in [0.15, 0.2) is 0 Å². The minimum absolute atomic E-state index is 0.164. The van der Waals surface area contributed by atoms with Crippen molar-refractivity contribution in [2.45, 2.75) is 18.3 Å². The second-order valence-corrected chi connectivity index (χ2v) is 5.27. The molecule has 2 atom stereocenters. The summed E-state index contributed by atoms with van der Waals surface area (Å²) in [6.07, 6.45) is 2.13. The fraction of sp³-hybridized carbons (Fsp3) is 0.294. The summed E-state index contributed by atoms with van der Waals surface area (Å²) >= 11 is 0. The van der Waals surface area contributed by atoms with E-state index in [9.17, 15) is 5.11 Å². The van der Waals surface area contributed by atoms with Gasteiger partial charge in [0.2, 0.25) is 0 Å². The second kappa shape index (κ2) is 4.58. The Morgan fingerprint density at radius 3 is 2.11 bits per heavy atom. The summed E-state index contributed by atoms with van der Waals surface area (Å²) in [5.41, 5.74) is 2.89. The number of hydrogen-bond donors (Lipinski definition) is 1. The van der Waals surface area contributed by atoms with Gasteiger partial charge >= 0.3 is 0 Å². The van der Waals surface area contributed by atoms with E-state index in [4.69, 9.17) is 0 Å². The average Bonchev–Trinajstić information content (AvgIpc) is 3.15. The van der Waals surface area contributed by atoms with Gasteiger partial charge in [-0.05, 0) is 29.9 Å². The van der Waals surface area contributed by atoms with Crippen molar-refractivity contribution in [2.75, 3.05) is 6.61 Å². The lowest BCUT2D eigenvalue weighted by Crippen LogP contribution is -2.15. The molecule has 0 aliphatic heterocycles. The summed E-state index contributed by atoms with van der Waals surface area (Å²) in [4.78, 5) is 0. The molecule has 18 heavy (non-hydrogen) atoms. The van der Waals surface area contributed by atoms with Gasteiger partial charge in [-0.3, -0.25) is 0 Å². The molecule has 2 unspecified atom stereocenters. The zero-order valence-electron chi connectivity index (χ0n) is 10.4.